The highest BCUT2D eigenvalue weighted by Crippen LogP contribution is 2.31. The maximum Gasteiger partial charge on any atom is 0.216 e. The van der Waals surface area contributed by atoms with Gasteiger partial charge in [0.05, 0.1) is 13.3 Å². The van der Waals surface area contributed by atoms with E-state index in [4.69, 9.17) is 21.7 Å². The monoisotopic (exact) mass is 354 g/mol. The number of aromatic nitrogens is 3. The SMILES string of the molecule is COc1cccc(/C=N/n2cn[nH]c2=S)c1OCc1cccc(C)c1. The molecule has 7 heteroatoms. The topological polar surface area (TPSA) is 64.4 Å². The molecule has 0 unspecified atom stereocenters. The lowest BCUT2D eigenvalue weighted by Crippen LogP contribution is -2.01. The van der Waals surface area contributed by atoms with Gasteiger partial charge in [-0.15, -0.1) is 0 Å². The Morgan fingerprint density at radius 3 is 2.84 bits per heavy atom. The van der Waals surface area contributed by atoms with Gasteiger partial charge in [0.25, 0.3) is 0 Å². The Bertz CT molecular complexity index is 946. The van der Waals surface area contributed by atoms with Gasteiger partial charge in [-0.1, -0.05) is 35.9 Å². The van der Waals surface area contributed by atoms with Crippen LogP contribution in [0.4, 0.5) is 0 Å². The summed E-state index contributed by atoms with van der Waals surface area (Å²) in [5.74, 6) is 1.28. The fourth-order valence-electron chi connectivity index (χ4n) is 2.36. The first-order chi connectivity index (χ1) is 12.2. The van der Waals surface area contributed by atoms with Gasteiger partial charge in [-0.05, 0) is 36.8 Å². The van der Waals surface area contributed by atoms with Crippen LogP contribution in [0.15, 0.2) is 53.9 Å². The number of methoxy groups -OCH3 is 1. The van der Waals surface area contributed by atoms with Crippen LogP contribution in [-0.2, 0) is 6.61 Å². The Labute approximate surface area is 150 Å². The number of H-pyrrole nitrogens is 1. The molecule has 0 amide bonds. The smallest absolute Gasteiger partial charge is 0.216 e. The van der Waals surface area contributed by atoms with E-state index >= 15 is 0 Å². The molecule has 0 aliphatic carbocycles. The highest BCUT2D eigenvalue weighted by molar-refractivity contribution is 7.71. The van der Waals surface area contributed by atoms with E-state index in [9.17, 15) is 0 Å². The van der Waals surface area contributed by atoms with Gasteiger partial charge in [0, 0.05) is 5.56 Å². The lowest BCUT2D eigenvalue weighted by atomic mass is 10.1. The lowest BCUT2D eigenvalue weighted by molar-refractivity contribution is 0.284. The van der Waals surface area contributed by atoms with E-state index in [-0.39, 0.29) is 0 Å². The number of hydrogen-bond donors (Lipinski definition) is 1. The van der Waals surface area contributed by atoms with Crippen LogP contribution in [0.25, 0.3) is 0 Å². The molecule has 1 aromatic heterocycles. The molecule has 1 heterocycles. The first-order valence-corrected chi connectivity index (χ1v) is 8.10. The molecular weight excluding hydrogens is 336 g/mol. The number of hydrogen-bond acceptors (Lipinski definition) is 5. The molecule has 0 radical (unpaired) electrons. The van der Waals surface area contributed by atoms with E-state index in [0.29, 0.717) is 22.9 Å². The van der Waals surface area contributed by atoms with Crippen molar-refractivity contribution in [1.82, 2.24) is 14.9 Å². The van der Waals surface area contributed by atoms with Crippen LogP contribution in [0.1, 0.15) is 16.7 Å². The molecule has 0 aliphatic rings. The molecule has 0 fully saturated rings. The van der Waals surface area contributed by atoms with E-state index in [2.05, 4.69) is 34.4 Å². The second-order valence-electron chi connectivity index (χ2n) is 5.41. The summed E-state index contributed by atoms with van der Waals surface area (Å²) in [5, 5.41) is 10.8. The van der Waals surface area contributed by atoms with Crippen molar-refractivity contribution < 1.29 is 9.47 Å². The van der Waals surface area contributed by atoms with Gasteiger partial charge >= 0.3 is 0 Å². The van der Waals surface area contributed by atoms with Crippen LogP contribution in [0.5, 0.6) is 11.5 Å². The molecule has 128 valence electrons. The van der Waals surface area contributed by atoms with Crippen LogP contribution in [0.2, 0.25) is 0 Å². The molecule has 0 aliphatic heterocycles. The molecule has 0 saturated carbocycles. The zero-order valence-corrected chi connectivity index (χ0v) is 14.8. The normalized spacial score (nSPS) is 11.0. The third kappa shape index (κ3) is 4.13. The van der Waals surface area contributed by atoms with Crippen molar-refractivity contribution in [1.29, 1.82) is 0 Å². The quantitative estimate of drug-likeness (QED) is 0.541. The van der Waals surface area contributed by atoms with Crippen LogP contribution in [0.3, 0.4) is 0 Å². The lowest BCUT2D eigenvalue weighted by Gasteiger charge is -2.13. The zero-order chi connectivity index (χ0) is 17.6. The van der Waals surface area contributed by atoms with Crippen LogP contribution < -0.4 is 9.47 Å². The van der Waals surface area contributed by atoms with E-state index < -0.39 is 0 Å². The number of ether oxygens (including phenoxy) is 2. The number of nitrogens with zero attached hydrogens (tertiary/aromatic N) is 3. The maximum absolute atomic E-state index is 6.03. The second kappa shape index (κ2) is 7.76. The fourth-order valence-corrected chi connectivity index (χ4v) is 2.50. The molecule has 6 nitrogen and oxygen atoms in total. The molecule has 3 rings (SSSR count). The van der Waals surface area contributed by atoms with E-state index in [1.165, 1.54) is 16.6 Å². The molecule has 3 aromatic rings. The summed E-state index contributed by atoms with van der Waals surface area (Å²) in [5.41, 5.74) is 3.07. The first kappa shape index (κ1) is 16.9. The molecule has 0 bridgehead atoms. The van der Waals surface area contributed by atoms with E-state index in [1.807, 2.05) is 30.3 Å². The summed E-state index contributed by atoms with van der Waals surface area (Å²) in [6.07, 6.45) is 3.17. The van der Waals surface area contributed by atoms with Crippen molar-refractivity contribution in [3.63, 3.8) is 0 Å². The number of aromatic amines is 1. The van der Waals surface area contributed by atoms with Gasteiger partial charge in [0.15, 0.2) is 11.5 Å². The van der Waals surface area contributed by atoms with E-state index in [1.54, 1.807) is 13.3 Å². The van der Waals surface area contributed by atoms with Gasteiger partial charge in [0.2, 0.25) is 4.77 Å². The van der Waals surface area contributed by atoms with Crippen molar-refractivity contribution in [3.8, 4) is 11.5 Å². The summed E-state index contributed by atoms with van der Waals surface area (Å²) in [6, 6.07) is 13.8. The predicted octanol–water partition coefficient (Wildman–Crippen LogP) is 3.72. The van der Waals surface area contributed by atoms with Gasteiger partial charge in [-0.3, -0.25) is 5.10 Å². The minimum atomic E-state index is 0.418. The van der Waals surface area contributed by atoms with Crippen LogP contribution >= 0.6 is 12.2 Å². The minimum absolute atomic E-state index is 0.418. The summed E-state index contributed by atoms with van der Waals surface area (Å²) >= 11 is 5.08. The summed E-state index contributed by atoms with van der Waals surface area (Å²) in [6.45, 7) is 2.49. The van der Waals surface area contributed by atoms with Gasteiger partial charge in [-0.25, -0.2) is 0 Å². The number of rotatable bonds is 6. The molecule has 0 saturated heterocycles. The molecular formula is C18H18N4O2S. The van der Waals surface area contributed by atoms with Crippen LogP contribution in [0, 0.1) is 11.7 Å². The van der Waals surface area contributed by atoms with Gasteiger partial charge in [0.1, 0.15) is 12.9 Å². The molecule has 25 heavy (non-hydrogen) atoms. The number of para-hydroxylation sites is 1. The number of benzene rings is 2. The summed E-state index contributed by atoms with van der Waals surface area (Å²) in [7, 11) is 1.61. The Balaban J connectivity index is 1.87. The Kier molecular flexibility index (Phi) is 5.25. The molecule has 0 spiro atoms. The Morgan fingerprint density at radius 2 is 2.12 bits per heavy atom. The molecule has 2 aromatic carbocycles. The van der Waals surface area contributed by atoms with Crippen molar-refractivity contribution in [2.45, 2.75) is 13.5 Å². The average Bonchev–Trinajstić information content (AvgIpc) is 3.03. The number of aryl methyl sites for hydroxylation is 1. The van der Waals surface area contributed by atoms with Gasteiger partial charge < -0.3 is 9.47 Å². The summed E-state index contributed by atoms with van der Waals surface area (Å²) < 4.78 is 13.3. The van der Waals surface area contributed by atoms with E-state index in [0.717, 1.165) is 11.1 Å². The standard InChI is InChI=1S/C18H18N4O2S/c1-13-5-3-6-14(9-13)11-24-17-15(7-4-8-16(17)23-2)10-20-22-12-19-21-18(22)25/h3-10,12H,11H2,1-2H3,(H,21,25)/b20-10+. The Hall–Kier alpha value is -2.93. The maximum atomic E-state index is 6.03. The largest absolute Gasteiger partial charge is 0.493 e. The third-order valence-electron chi connectivity index (χ3n) is 3.55. The minimum Gasteiger partial charge on any atom is -0.493 e. The van der Waals surface area contributed by atoms with Crippen molar-refractivity contribution >= 4 is 18.4 Å². The number of nitrogens with one attached hydrogen (secondary N) is 1. The first-order valence-electron chi connectivity index (χ1n) is 7.69. The van der Waals surface area contributed by atoms with Crippen molar-refractivity contribution in [3.05, 3.63) is 70.3 Å². The zero-order valence-electron chi connectivity index (χ0n) is 14.0. The highest BCUT2D eigenvalue weighted by Gasteiger charge is 2.10. The molecule has 1 N–H and O–H groups in total. The van der Waals surface area contributed by atoms with Crippen molar-refractivity contribution in [2.24, 2.45) is 5.10 Å². The van der Waals surface area contributed by atoms with Crippen LogP contribution in [-0.4, -0.2) is 28.2 Å². The summed E-state index contributed by atoms with van der Waals surface area (Å²) in [4.78, 5) is 0. The predicted molar refractivity (Wildman–Crippen MR) is 98.9 cm³/mol. The van der Waals surface area contributed by atoms with Gasteiger partial charge in [-0.2, -0.15) is 14.9 Å². The average molecular weight is 354 g/mol. The molecule has 0 atom stereocenters. The highest BCUT2D eigenvalue weighted by atomic mass is 32.1. The Morgan fingerprint density at radius 1 is 1.28 bits per heavy atom. The third-order valence-corrected chi connectivity index (χ3v) is 3.83. The fraction of sp³-hybridized carbons (Fsp3) is 0.167. The van der Waals surface area contributed by atoms with Crippen molar-refractivity contribution in [2.75, 3.05) is 7.11 Å². The second-order valence-corrected chi connectivity index (χ2v) is 5.79.